The van der Waals surface area contributed by atoms with Crippen LogP contribution in [0.5, 0.6) is 11.5 Å². The van der Waals surface area contributed by atoms with Gasteiger partial charge in [0.2, 0.25) is 0 Å². The molecule has 1 aliphatic heterocycles. The molecule has 2 nitrogen and oxygen atoms in total. The molecule has 1 heterocycles. The Labute approximate surface area is 114 Å². The average Bonchev–Trinajstić information content (AvgIpc) is 2.49. The van der Waals surface area contributed by atoms with Gasteiger partial charge >= 0.3 is 0 Å². The van der Waals surface area contributed by atoms with Gasteiger partial charge < -0.3 is 10.1 Å². The molecule has 0 aliphatic carbocycles. The molecule has 2 N–H and O–H groups in total. The summed E-state index contributed by atoms with van der Waals surface area (Å²) in [6.45, 7) is 1.24. The van der Waals surface area contributed by atoms with Crippen LogP contribution in [-0.4, -0.2) is 6.54 Å². The number of nitrogens with two attached hydrogens (primary N) is 1. The fourth-order valence-electron chi connectivity index (χ4n) is 2.68. The minimum Gasteiger partial charge on any atom is -0.457 e. The van der Waals surface area contributed by atoms with Crippen LogP contribution in [0.3, 0.4) is 0 Å². The molecule has 19 heavy (non-hydrogen) atoms. The van der Waals surface area contributed by atoms with Crippen molar-refractivity contribution in [3.63, 3.8) is 0 Å². The van der Waals surface area contributed by atoms with Crippen LogP contribution in [0.4, 0.5) is 0 Å². The summed E-state index contributed by atoms with van der Waals surface area (Å²) < 4.78 is 5.90. The smallest absolute Gasteiger partial charge is 0.127 e. The molecule has 0 unspecified atom stereocenters. The average molecular weight is 254 g/mol. The third-order valence-corrected chi connectivity index (χ3v) is 3.69. The van der Waals surface area contributed by atoms with Crippen molar-refractivity contribution in [1.82, 2.24) is 0 Å². The van der Waals surface area contributed by atoms with E-state index < -0.39 is 0 Å². The molecule has 2 aromatic carbocycles. The van der Waals surface area contributed by atoms with Gasteiger partial charge in [-0.05, 0) is 37.1 Å². The minimum atomic E-state index is 0.605. The first-order chi connectivity index (χ1) is 9.42. The van der Waals surface area contributed by atoms with Gasteiger partial charge in [-0.3, -0.25) is 0 Å². The van der Waals surface area contributed by atoms with Crippen molar-refractivity contribution >= 4 is 0 Å². The van der Waals surface area contributed by atoms with Gasteiger partial charge in [0.1, 0.15) is 17.5 Å². The number of hydrogen-bond acceptors (Lipinski definition) is 1. The first-order valence-corrected chi connectivity index (χ1v) is 7.08. The van der Waals surface area contributed by atoms with E-state index in [1.54, 1.807) is 0 Å². The maximum absolute atomic E-state index is 5.90. The van der Waals surface area contributed by atoms with Crippen LogP contribution in [0.2, 0.25) is 0 Å². The summed E-state index contributed by atoms with van der Waals surface area (Å²) in [5.74, 6) is 1.83. The van der Waals surface area contributed by atoms with Gasteiger partial charge in [0.05, 0.1) is 6.54 Å². The van der Waals surface area contributed by atoms with Gasteiger partial charge in [0.25, 0.3) is 0 Å². The third kappa shape index (κ3) is 3.15. The first kappa shape index (κ1) is 12.2. The first-order valence-electron chi connectivity index (χ1n) is 7.08. The van der Waals surface area contributed by atoms with Gasteiger partial charge in [-0.15, -0.1) is 0 Å². The van der Waals surface area contributed by atoms with Crippen LogP contribution in [0.25, 0.3) is 0 Å². The number of hydrogen-bond donors (Lipinski definition) is 1. The van der Waals surface area contributed by atoms with Crippen molar-refractivity contribution < 1.29 is 10.1 Å². The highest BCUT2D eigenvalue weighted by Crippen LogP contribution is 2.25. The quantitative estimate of drug-likeness (QED) is 0.893. The molecule has 1 atom stereocenters. The summed E-state index contributed by atoms with van der Waals surface area (Å²) in [5, 5.41) is 2.45. The number of ether oxygens (including phenoxy) is 1. The SMILES string of the molecule is c1ccc(Oc2cccc([C@@H]3CCCC[NH2+]3)c2)cc1. The molecule has 1 aliphatic rings. The fraction of sp³-hybridized carbons (Fsp3) is 0.294. The zero-order valence-electron chi connectivity index (χ0n) is 11.1. The number of piperidine rings is 1. The fourth-order valence-corrected chi connectivity index (χ4v) is 2.68. The number of benzene rings is 2. The topological polar surface area (TPSA) is 25.8 Å². The lowest BCUT2D eigenvalue weighted by Gasteiger charge is -2.20. The van der Waals surface area contributed by atoms with E-state index in [0.717, 1.165) is 11.5 Å². The van der Waals surface area contributed by atoms with E-state index in [9.17, 15) is 0 Å². The largest absolute Gasteiger partial charge is 0.457 e. The molecular weight excluding hydrogens is 234 g/mol. The standard InChI is InChI=1S/C17H19NO/c1-2-8-15(9-3-1)19-16-10-6-7-14(13-16)17-11-4-5-12-18-17/h1-3,6-10,13,17-18H,4-5,11-12H2/p+1/t17-/m0/s1. The van der Waals surface area contributed by atoms with E-state index >= 15 is 0 Å². The van der Waals surface area contributed by atoms with Crippen molar-refractivity contribution in [3.8, 4) is 11.5 Å². The number of para-hydroxylation sites is 1. The molecule has 0 amide bonds. The van der Waals surface area contributed by atoms with Crippen LogP contribution in [-0.2, 0) is 0 Å². The highest BCUT2D eigenvalue weighted by Gasteiger charge is 2.18. The van der Waals surface area contributed by atoms with Gasteiger partial charge in [-0.2, -0.15) is 0 Å². The summed E-state index contributed by atoms with van der Waals surface area (Å²) in [4.78, 5) is 0. The highest BCUT2D eigenvalue weighted by molar-refractivity contribution is 5.34. The van der Waals surface area contributed by atoms with Crippen LogP contribution in [0.1, 0.15) is 30.9 Å². The van der Waals surface area contributed by atoms with Crippen molar-refractivity contribution in [2.45, 2.75) is 25.3 Å². The van der Waals surface area contributed by atoms with Gasteiger partial charge in [-0.1, -0.05) is 30.3 Å². The van der Waals surface area contributed by atoms with E-state index in [-0.39, 0.29) is 0 Å². The molecule has 0 radical (unpaired) electrons. The van der Waals surface area contributed by atoms with Gasteiger partial charge in [0.15, 0.2) is 0 Å². The monoisotopic (exact) mass is 254 g/mol. The molecule has 0 saturated carbocycles. The van der Waals surface area contributed by atoms with Crippen LogP contribution >= 0.6 is 0 Å². The lowest BCUT2D eigenvalue weighted by molar-refractivity contribution is -0.704. The zero-order valence-corrected chi connectivity index (χ0v) is 11.1. The normalized spacial score (nSPS) is 19.1. The molecule has 1 saturated heterocycles. The summed E-state index contributed by atoms with van der Waals surface area (Å²) in [6, 6.07) is 19.1. The van der Waals surface area contributed by atoms with Crippen LogP contribution < -0.4 is 10.1 Å². The summed E-state index contributed by atoms with van der Waals surface area (Å²) in [5.41, 5.74) is 1.38. The Morgan fingerprint density at radius 1 is 0.895 bits per heavy atom. The van der Waals surface area contributed by atoms with E-state index in [4.69, 9.17) is 4.74 Å². The molecule has 1 fully saturated rings. The van der Waals surface area contributed by atoms with Crippen LogP contribution in [0, 0.1) is 0 Å². The molecule has 3 rings (SSSR count). The Hall–Kier alpha value is -1.80. The maximum atomic E-state index is 5.90. The highest BCUT2D eigenvalue weighted by atomic mass is 16.5. The van der Waals surface area contributed by atoms with Gasteiger partial charge in [0, 0.05) is 12.0 Å². The van der Waals surface area contributed by atoms with Crippen molar-refractivity contribution in [1.29, 1.82) is 0 Å². The lowest BCUT2D eigenvalue weighted by atomic mass is 9.97. The Balaban J connectivity index is 1.76. The Morgan fingerprint density at radius 3 is 2.53 bits per heavy atom. The van der Waals surface area contributed by atoms with Crippen molar-refractivity contribution in [2.24, 2.45) is 0 Å². The van der Waals surface area contributed by atoms with Crippen LogP contribution in [0.15, 0.2) is 54.6 Å². The molecule has 2 heteroatoms. The molecule has 0 spiro atoms. The van der Waals surface area contributed by atoms with Crippen molar-refractivity contribution in [2.75, 3.05) is 6.54 Å². The Bertz CT molecular complexity index is 518. The third-order valence-electron chi connectivity index (χ3n) is 3.69. The Kier molecular flexibility index (Phi) is 3.80. The number of rotatable bonds is 3. The van der Waals surface area contributed by atoms with E-state index in [0.29, 0.717) is 6.04 Å². The summed E-state index contributed by atoms with van der Waals surface area (Å²) in [6.07, 6.45) is 3.95. The van der Waals surface area contributed by atoms with Gasteiger partial charge in [-0.25, -0.2) is 0 Å². The second-order valence-corrected chi connectivity index (χ2v) is 5.11. The molecule has 0 aromatic heterocycles. The molecule has 0 bridgehead atoms. The predicted octanol–water partition coefficient (Wildman–Crippen LogP) is 3.27. The minimum absolute atomic E-state index is 0.605. The lowest BCUT2D eigenvalue weighted by Crippen LogP contribution is -2.86. The summed E-state index contributed by atoms with van der Waals surface area (Å²) in [7, 11) is 0. The maximum Gasteiger partial charge on any atom is 0.127 e. The second-order valence-electron chi connectivity index (χ2n) is 5.11. The predicted molar refractivity (Wildman–Crippen MR) is 76.3 cm³/mol. The summed E-state index contributed by atoms with van der Waals surface area (Å²) >= 11 is 0. The van der Waals surface area contributed by atoms with E-state index in [2.05, 4.69) is 23.5 Å². The number of quaternary nitrogens is 1. The molecular formula is C17H20NO+. The molecule has 2 aromatic rings. The molecule has 98 valence electrons. The second kappa shape index (κ2) is 5.89. The van der Waals surface area contributed by atoms with Crippen molar-refractivity contribution in [3.05, 3.63) is 60.2 Å². The zero-order chi connectivity index (χ0) is 12.9. The van der Waals surface area contributed by atoms with E-state index in [1.165, 1.54) is 31.4 Å². The van der Waals surface area contributed by atoms with E-state index in [1.807, 2.05) is 36.4 Å². The Morgan fingerprint density at radius 2 is 1.74 bits per heavy atom.